The standard InChI is InChI=1S/C46H44N2O8S4/c1-44(2)26-30(12-11-17-40-47(45(3,59(53)54)28-42(49)50)36-24-34(18-20-38(36)57-40)32-13-7-5-8-14-32)22-31(27-44)23-41-48(46(4,60(55)56)29-43(51)52)37-25-35(19-21-39(37)58-41)33-15-9-6-10-16-33/h5-25,59-60H,26-29H2,1-4H3,(H-,49,50,51,52)/p+1. The van der Waals surface area contributed by atoms with E-state index in [4.69, 9.17) is 0 Å². The summed E-state index contributed by atoms with van der Waals surface area (Å²) in [6, 6.07) is 31.0. The van der Waals surface area contributed by atoms with Crippen LogP contribution in [0.4, 0.5) is 5.69 Å². The van der Waals surface area contributed by atoms with Crippen molar-refractivity contribution >= 4 is 78.4 Å². The number of allylic oxidation sites excluding steroid dienone is 6. The van der Waals surface area contributed by atoms with E-state index in [2.05, 4.69) is 19.9 Å². The van der Waals surface area contributed by atoms with E-state index < -0.39 is 55.9 Å². The molecule has 5 aromatic rings. The highest BCUT2D eigenvalue weighted by atomic mass is 32.2. The summed E-state index contributed by atoms with van der Waals surface area (Å²) in [6.07, 6.45) is 9.74. The van der Waals surface area contributed by atoms with Gasteiger partial charge in [0.25, 0.3) is 9.88 Å². The molecule has 0 fully saturated rings. The molecule has 10 nitrogen and oxygen atoms in total. The Morgan fingerprint density at radius 2 is 1.42 bits per heavy atom. The molecule has 7 rings (SSSR count). The summed E-state index contributed by atoms with van der Waals surface area (Å²) in [6.45, 7) is 7.18. The van der Waals surface area contributed by atoms with Crippen LogP contribution in [0.15, 0.2) is 142 Å². The number of hydrogen-bond donors (Lipinski definition) is 4. The largest absolute Gasteiger partial charge is 0.481 e. The fourth-order valence-corrected chi connectivity index (χ4v) is 11.9. The minimum absolute atomic E-state index is 0.206. The van der Waals surface area contributed by atoms with Gasteiger partial charge in [-0.15, -0.1) is 0 Å². The van der Waals surface area contributed by atoms with Crippen molar-refractivity contribution in [2.45, 2.75) is 68.0 Å². The third kappa shape index (κ3) is 8.78. The Balaban J connectivity index is 1.31. The molecule has 0 bridgehead atoms. The van der Waals surface area contributed by atoms with E-state index in [0.29, 0.717) is 34.1 Å². The Morgan fingerprint density at radius 3 is 2.02 bits per heavy atom. The third-order valence-electron chi connectivity index (χ3n) is 10.8. The number of aliphatic carboxylic acids is 2. The van der Waals surface area contributed by atoms with Crippen LogP contribution in [0, 0.1) is 5.41 Å². The maximum Gasteiger partial charge on any atom is 0.311 e. The van der Waals surface area contributed by atoms with E-state index in [9.17, 15) is 36.6 Å². The zero-order chi connectivity index (χ0) is 43.0. The lowest BCUT2D eigenvalue weighted by Crippen LogP contribution is -2.57. The maximum atomic E-state index is 13.1. The molecule has 2 atom stereocenters. The van der Waals surface area contributed by atoms with Crippen LogP contribution >= 0.6 is 23.1 Å². The topological polar surface area (TPSA) is 150 Å². The van der Waals surface area contributed by atoms with E-state index in [-0.39, 0.29) is 5.41 Å². The SMILES string of the molecule is CC1(C)CC(/C=C/C=C2\Sc3ccc(-c4ccccc4)cc3N2C(C)(CC(=O)O)[SH](=O)=O)=CC(=C/c2sc3ccc(-c4ccccc4)cc3[n+]2C(C)(CC(=O)O)[SH](=O)=O)/C1. The summed E-state index contributed by atoms with van der Waals surface area (Å²) in [5.41, 5.74) is 6.54. The number of thiazole rings is 1. The first-order valence-corrected chi connectivity index (χ1v) is 23.2. The van der Waals surface area contributed by atoms with Crippen LogP contribution in [0.3, 0.4) is 0 Å². The number of fused-ring (bicyclic) bond motifs is 2. The van der Waals surface area contributed by atoms with Gasteiger partial charge in [0.05, 0.1) is 17.1 Å². The fraction of sp³-hybridized carbons (Fsp3) is 0.239. The lowest BCUT2D eigenvalue weighted by molar-refractivity contribution is -0.708. The lowest BCUT2D eigenvalue weighted by atomic mass is 9.75. The van der Waals surface area contributed by atoms with Crippen LogP contribution in [-0.2, 0) is 35.9 Å². The van der Waals surface area contributed by atoms with Crippen LogP contribution in [-0.4, -0.2) is 43.9 Å². The number of rotatable bonds is 13. The number of aromatic nitrogens is 1. The molecule has 1 aliphatic carbocycles. The van der Waals surface area contributed by atoms with Gasteiger partial charge in [-0.25, -0.2) is 16.8 Å². The number of nitrogens with zero attached hydrogens (tertiary/aromatic N) is 2. The van der Waals surface area contributed by atoms with Crippen LogP contribution in [0.2, 0.25) is 0 Å². The maximum absolute atomic E-state index is 13.1. The molecule has 1 aromatic heterocycles. The molecule has 0 radical (unpaired) electrons. The van der Waals surface area contributed by atoms with Gasteiger partial charge in [0.2, 0.25) is 16.2 Å². The van der Waals surface area contributed by atoms with Gasteiger partial charge >= 0.3 is 11.9 Å². The Kier molecular flexibility index (Phi) is 12.1. The van der Waals surface area contributed by atoms with Crippen molar-refractivity contribution in [1.82, 2.24) is 0 Å². The summed E-state index contributed by atoms with van der Waals surface area (Å²) >= 11 is 2.77. The van der Waals surface area contributed by atoms with Crippen LogP contribution in [0.25, 0.3) is 38.5 Å². The molecule has 14 heteroatoms. The lowest BCUT2D eigenvalue weighted by Gasteiger charge is -2.35. The minimum Gasteiger partial charge on any atom is -0.481 e. The molecule has 0 saturated carbocycles. The number of thioether (sulfide) groups is 1. The molecule has 310 valence electrons. The second-order valence-electron chi connectivity index (χ2n) is 16.2. The average Bonchev–Trinajstić information content (AvgIpc) is 3.74. The Labute approximate surface area is 360 Å². The highest BCUT2D eigenvalue weighted by Gasteiger charge is 2.46. The van der Waals surface area contributed by atoms with Gasteiger partial charge in [0.15, 0.2) is 15.6 Å². The molecule has 0 spiro atoms. The third-order valence-corrected chi connectivity index (χ3v) is 15.3. The van der Waals surface area contributed by atoms with Crippen LogP contribution < -0.4 is 9.47 Å². The van der Waals surface area contributed by atoms with Gasteiger partial charge in [-0.1, -0.05) is 128 Å². The van der Waals surface area contributed by atoms with E-state index in [1.165, 1.54) is 36.9 Å². The van der Waals surface area contributed by atoms with Crippen molar-refractivity contribution in [3.63, 3.8) is 0 Å². The molecule has 2 aliphatic rings. The van der Waals surface area contributed by atoms with Gasteiger partial charge in [-0.05, 0) is 82.9 Å². The summed E-state index contributed by atoms with van der Waals surface area (Å²) in [5, 5.41) is 21.0. The van der Waals surface area contributed by atoms with Gasteiger partial charge in [-0.3, -0.25) is 9.59 Å². The molecular weight excluding hydrogens is 837 g/mol. The zero-order valence-corrected chi connectivity index (χ0v) is 36.8. The summed E-state index contributed by atoms with van der Waals surface area (Å²) < 4.78 is 54.5. The summed E-state index contributed by atoms with van der Waals surface area (Å²) in [7, 11) is -6.49. The number of carbonyl (C=O) groups is 2. The van der Waals surface area contributed by atoms with Crippen LogP contribution in [0.5, 0.6) is 0 Å². The Morgan fingerprint density at radius 1 is 0.800 bits per heavy atom. The molecule has 2 heterocycles. The highest BCUT2D eigenvalue weighted by molar-refractivity contribution is 8.03. The molecule has 2 N–H and O–H groups in total. The van der Waals surface area contributed by atoms with Crippen molar-refractivity contribution in [3.05, 3.63) is 143 Å². The van der Waals surface area contributed by atoms with Gasteiger partial charge in [0, 0.05) is 24.0 Å². The molecule has 0 saturated heterocycles. The number of benzene rings is 4. The molecule has 4 aromatic carbocycles. The van der Waals surface area contributed by atoms with Gasteiger partial charge in [0.1, 0.15) is 11.1 Å². The van der Waals surface area contributed by atoms with E-state index >= 15 is 0 Å². The Bertz CT molecular complexity index is 2790. The summed E-state index contributed by atoms with van der Waals surface area (Å²) in [5.74, 6) is -2.47. The Hall–Kier alpha value is -5.28. The first-order chi connectivity index (χ1) is 28.5. The number of hydrogen-bond acceptors (Lipinski definition) is 9. The minimum atomic E-state index is -3.25. The van der Waals surface area contributed by atoms with Crippen molar-refractivity contribution < 1.29 is 41.2 Å². The number of carboxylic acid groups (broad SMARTS) is 2. The van der Waals surface area contributed by atoms with Crippen molar-refractivity contribution in [1.29, 1.82) is 0 Å². The van der Waals surface area contributed by atoms with Crippen molar-refractivity contribution in [2.24, 2.45) is 5.41 Å². The van der Waals surface area contributed by atoms with Gasteiger partial charge in [-0.2, -0.15) is 4.57 Å². The molecule has 0 amide bonds. The zero-order valence-electron chi connectivity index (χ0n) is 33.4. The second-order valence-corrected chi connectivity index (χ2v) is 21.3. The molecule has 1 aliphatic heterocycles. The summed E-state index contributed by atoms with van der Waals surface area (Å²) in [4.78, 5) is 23.2. The normalized spacial score (nSPS) is 18.6. The predicted octanol–water partition coefficient (Wildman–Crippen LogP) is 9.22. The average molecular weight is 882 g/mol. The predicted molar refractivity (Wildman–Crippen MR) is 241 cm³/mol. The van der Waals surface area contributed by atoms with E-state index in [1.54, 1.807) is 9.47 Å². The molecular formula is C46H45N2O8S4+. The van der Waals surface area contributed by atoms with E-state index in [0.717, 1.165) is 43.0 Å². The quantitative estimate of drug-likeness (QED) is 0.0666. The molecule has 2 unspecified atom stereocenters. The second kappa shape index (κ2) is 17.0. The molecule has 60 heavy (non-hydrogen) atoms. The van der Waals surface area contributed by atoms with Crippen molar-refractivity contribution in [2.75, 3.05) is 4.90 Å². The number of thiol groups is 2. The van der Waals surface area contributed by atoms with Crippen LogP contribution in [0.1, 0.15) is 58.4 Å². The number of carboxylic acids is 2. The van der Waals surface area contributed by atoms with Crippen molar-refractivity contribution in [3.8, 4) is 22.3 Å². The first-order valence-electron chi connectivity index (χ1n) is 19.2. The van der Waals surface area contributed by atoms with E-state index in [1.807, 2.05) is 121 Å². The first kappa shape index (κ1) is 42.8. The number of anilines is 1. The fourth-order valence-electron chi connectivity index (χ4n) is 8.07. The highest BCUT2D eigenvalue weighted by Crippen LogP contribution is 2.51. The monoisotopic (exact) mass is 881 g/mol. The van der Waals surface area contributed by atoms with Gasteiger partial charge < -0.3 is 15.1 Å². The smallest absolute Gasteiger partial charge is 0.311 e.